The van der Waals surface area contributed by atoms with Crippen molar-refractivity contribution in [3.05, 3.63) is 0 Å². The topological polar surface area (TPSA) is 50.1 Å². The lowest BCUT2D eigenvalue weighted by Gasteiger charge is -2.13. The zero-order chi connectivity index (χ0) is 10.3. The van der Waals surface area contributed by atoms with E-state index in [1.807, 2.05) is 26.8 Å². The van der Waals surface area contributed by atoms with E-state index in [9.17, 15) is 4.79 Å². The van der Waals surface area contributed by atoms with Crippen molar-refractivity contribution in [1.82, 2.24) is 0 Å². The van der Waals surface area contributed by atoms with Crippen LogP contribution in [0.3, 0.4) is 0 Å². The van der Waals surface area contributed by atoms with Crippen LogP contribution in [0.2, 0.25) is 0 Å². The predicted octanol–water partition coefficient (Wildman–Crippen LogP) is 2.13. The number of esters is 1. The fraction of sp³-hybridized carbons (Fsp3) is 0.800. The maximum atomic E-state index is 11.2. The van der Waals surface area contributed by atoms with Crippen molar-refractivity contribution in [2.24, 2.45) is 11.8 Å². The predicted molar refractivity (Wildman–Crippen MR) is 49.8 cm³/mol. The molecular formula is C10H17NO2. The Hall–Kier alpha value is -1.04. The first-order valence-electron chi connectivity index (χ1n) is 4.63. The van der Waals surface area contributed by atoms with Gasteiger partial charge in [-0.1, -0.05) is 20.8 Å². The molecule has 0 fully saturated rings. The first kappa shape index (κ1) is 12.0. The minimum atomic E-state index is -0.159. The summed E-state index contributed by atoms with van der Waals surface area (Å²) in [6.45, 7) is 6.20. The summed E-state index contributed by atoms with van der Waals surface area (Å²) in [7, 11) is 0. The van der Waals surface area contributed by atoms with Crippen molar-refractivity contribution >= 4 is 5.97 Å². The molecule has 13 heavy (non-hydrogen) atoms. The van der Waals surface area contributed by atoms with Crippen molar-refractivity contribution in [2.75, 3.05) is 6.61 Å². The maximum Gasteiger partial charge on any atom is 0.308 e. The van der Waals surface area contributed by atoms with E-state index >= 15 is 0 Å². The molecule has 0 aliphatic carbocycles. The highest BCUT2D eigenvalue weighted by Crippen LogP contribution is 2.11. The van der Waals surface area contributed by atoms with Gasteiger partial charge in [-0.05, 0) is 12.3 Å². The van der Waals surface area contributed by atoms with E-state index < -0.39 is 0 Å². The molecule has 0 spiro atoms. The number of hydrogen-bond acceptors (Lipinski definition) is 3. The number of unbranched alkanes of at least 4 members (excludes halogenated alkanes) is 1. The zero-order valence-electron chi connectivity index (χ0n) is 8.54. The average molecular weight is 183 g/mol. The van der Waals surface area contributed by atoms with Gasteiger partial charge in [0.05, 0.1) is 18.6 Å². The average Bonchev–Trinajstić information content (AvgIpc) is 2.10. The third-order valence-electron chi connectivity index (χ3n) is 2.05. The molecule has 3 nitrogen and oxygen atoms in total. The summed E-state index contributed by atoms with van der Waals surface area (Å²) in [5, 5.41) is 8.24. The molecule has 0 radical (unpaired) electrons. The molecule has 0 heterocycles. The van der Waals surface area contributed by atoms with Gasteiger partial charge in [-0.2, -0.15) is 5.26 Å². The van der Waals surface area contributed by atoms with Crippen LogP contribution in [-0.2, 0) is 9.53 Å². The molecule has 3 heteroatoms. The van der Waals surface area contributed by atoms with Crippen LogP contribution in [0.15, 0.2) is 0 Å². The monoisotopic (exact) mass is 183 g/mol. The first-order chi connectivity index (χ1) is 6.09. The third-order valence-corrected chi connectivity index (χ3v) is 2.05. The second-order valence-corrected chi connectivity index (χ2v) is 3.46. The van der Waals surface area contributed by atoms with E-state index in [4.69, 9.17) is 10.00 Å². The normalized spacial score (nSPS) is 12.2. The molecule has 0 aromatic rings. The first-order valence-corrected chi connectivity index (χ1v) is 4.63. The molecule has 0 aliphatic heterocycles. The number of nitriles is 1. The SMILES string of the molecule is CC(C)C(C)C(=O)OCCCC#N. The molecule has 0 aromatic heterocycles. The summed E-state index contributed by atoms with van der Waals surface area (Å²) in [4.78, 5) is 11.2. The maximum absolute atomic E-state index is 11.2. The lowest BCUT2D eigenvalue weighted by atomic mass is 9.99. The van der Waals surface area contributed by atoms with Gasteiger partial charge in [-0.15, -0.1) is 0 Å². The van der Waals surface area contributed by atoms with Gasteiger partial charge in [0.25, 0.3) is 0 Å². The number of hydrogen-bond donors (Lipinski definition) is 0. The molecule has 0 aromatic carbocycles. The number of rotatable bonds is 5. The van der Waals surface area contributed by atoms with E-state index in [0.717, 1.165) is 0 Å². The van der Waals surface area contributed by atoms with Crippen molar-refractivity contribution in [3.63, 3.8) is 0 Å². The molecule has 0 saturated carbocycles. The van der Waals surface area contributed by atoms with Crippen molar-refractivity contribution in [1.29, 1.82) is 5.26 Å². The number of ether oxygens (including phenoxy) is 1. The molecule has 0 amide bonds. The Labute approximate surface area is 79.7 Å². The summed E-state index contributed by atoms with van der Waals surface area (Å²) >= 11 is 0. The van der Waals surface area contributed by atoms with Crippen LogP contribution in [0.5, 0.6) is 0 Å². The van der Waals surface area contributed by atoms with E-state index in [0.29, 0.717) is 25.4 Å². The molecule has 0 aliphatic rings. The molecule has 0 N–H and O–H groups in total. The standard InChI is InChI=1S/C10H17NO2/c1-8(2)9(3)10(12)13-7-5-4-6-11/h8-9H,4-5,7H2,1-3H3. The second-order valence-electron chi connectivity index (χ2n) is 3.46. The van der Waals surface area contributed by atoms with Crippen LogP contribution in [0.1, 0.15) is 33.6 Å². The fourth-order valence-corrected chi connectivity index (χ4v) is 0.728. The second kappa shape index (κ2) is 6.47. The van der Waals surface area contributed by atoms with Crippen molar-refractivity contribution in [2.45, 2.75) is 33.6 Å². The fourth-order valence-electron chi connectivity index (χ4n) is 0.728. The van der Waals surface area contributed by atoms with Gasteiger partial charge in [0, 0.05) is 6.42 Å². The quantitative estimate of drug-likeness (QED) is 0.484. The molecule has 1 unspecified atom stereocenters. The Morgan fingerprint density at radius 2 is 2.08 bits per heavy atom. The smallest absolute Gasteiger partial charge is 0.308 e. The van der Waals surface area contributed by atoms with E-state index in [1.54, 1.807) is 0 Å². The van der Waals surface area contributed by atoms with E-state index in [2.05, 4.69) is 0 Å². The van der Waals surface area contributed by atoms with Gasteiger partial charge < -0.3 is 4.74 Å². The van der Waals surface area contributed by atoms with Crippen molar-refractivity contribution in [3.8, 4) is 6.07 Å². The summed E-state index contributed by atoms with van der Waals surface area (Å²) < 4.78 is 4.98. The number of carbonyl (C=O) groups excluding carboxylic acids is 1. The summed E-state index contributed by atoms with van der Waals surface area (Å²) in [5.41, 5.74) is 0. The Bertz CT molecular complexity index is 194. The minimum Gasteiger partial charge on any atom is -0.465 e. The number of nitrogens with zero attached hydrogens (tertiary/aromatic N) is 1. The summed E-state index contributed by atoms with van der Waals surface area (Å²) in [6, 6.07) is 2.00. The zero-order valence-corrected chi connectivity index (χ0v) is 8.54. The highest BCUT2D eigenvalue weighted by Gasteiger charge is 2.17. The Morgan fingerprint density at radius 3 is 2.54 bits per heavy atom. The number of carbonyl (C=O) groups is 1. The lowest BCUT2D eigenvalue weighted by molar-refractivity contribution is -0.149. The van der Waals surface area contributed by atoms with Gasteiger partial charge >= 0.3 is 5.97 Å². The Kier molecular flexibility index (Phi) is 5.96. The molecule has 0 saturated heterocycles. The van der Waals surface area contributed by atoms with Crippen LogP contribution in [0.25, 0.3) is 0 Å². The van der Waals surface area contributed by atoms with Gasteiger partial charge in [0.1, 0.15) is 0 Å². The van der Waals surface area contributed by atoms with Crippen molar-refractivity contribution < 1.29 is 9.53 Å². The van der Waals surface area contributed by atoms with Gasteiger partial charge in [0.15, 0.2) is 0 Å². The third kappa shape index (κ3) is 5.24. The molecule has 74 valence electrons. The summed E-state index contributed by atoms with van der Waals surface area (Å²) in [5.74, 6) is 0.0958. The molecule has 1 atom stereocenters. The Balaban J connectivity index is 3.57. The summed E-state index contributed by atoms with van der Waals surface area (Å²) in [6.07, 6.45) is 1.08. The lowest BCUT2D eigenvalue weighted by Crippen LogP contribution is -2.20. The van der Waals surface area contributed by atoms with Gasteiger partial charge in [-0.3, -0.25) is 4.79 Å². The van der Waals surface area contributed by atoms with E-state index in [-0.39, 0.29) is 11.9 Å². The molecule has 0 rings (SSSR count). The van der Waals surface area contributed by atoms with Gasteiger partial charge in [-0.25, -0.2) is 0 Å². The molecule has 0 bridgehead atoms. The Morgan fingerprint density at radius 1 is 1.46 bits per heavy atom. The highest BCUT2D eigenvalue weighted by atomic mass is 16.5. The largest absolute Gasteiger partial charge is 0.465 e. The van der Waals surface area contributed by atoms with Crippen LogP contribution in [-0.4, -0.2) is 12.6 Å². The van der Waals surface area contributed by atoms with Crippen LogP contribution in [0.4, 0.5) is 0 Å². The van der Waals surface area contributed by atoms with E-state index in [1.165, 1.54) is 0 Å². The van der Waals surface area contributed by atoms with Crippen LogP contribution < -0.4 is 0 Å². The van der Waals surface area contributed by atoms with Crippen LogP contribution >= 0.6 is 0 Å². The van der Waals surface area contributed by atoms with Crippen LogP contribution in [0, 0.1) is 23.2 Å². The molecular weight excluding hydrogens is 166 g/mol. The highest BCUT2D eigenvalue weighted by molar-refractivity contribution is 5.72. The minimum absolute atomic E-state index is 0.0536. The van der Waals surface area contributed by atoms with Gasteiger partial charge in [0.2, 0.25) is 0 Å².